The Labute approximate surface area is 186 Å². The first-order valence-electron chi connectivity index (χ1n) is 9.84. The Morgan fingerprint density at radius 2 is 1.76 bits per heavy atom. The zero-order chi connectivity index (χ0) is 24.3. The summed E-state index contributed by atoms with van der Waals surface area (Å²) in [5, 5.41) is -0.0936. The van der Waals surface area contributed by atoms with Crippen LogP contribution in [0, 0.1) is 0 Å². The predicted molar refractivity (Wildman–Crippen MR) is 113 cm³/mol. The Morgan fingerprint density at radius 3 is 2.36 bits per heavy atom. The first kappa shape index (κ1) is 24.0. The van der Waals surface area contributed by atoms with Gasteiger partial charge in [-0.1, -0.05) is 6.07 Å². The molecule has 0 spiro atoms. The van der Waals surface area contributed by atoms with Gasteiger partial charge in [-0.15, -0.1) is 0 Å². The summed E-state index contributed by atoms with van der Waals surface area (Å²) in [5.74, 6) is -1.63. The molecule has 1 unspecified atom stereocenters. The molecular formula is C23H21F3O7. The topological polar surface area (TPSA) is 84.2 Å². The number of carbonyl (C=O) groups excluding carboxylic acids is 1. The first-order chi connectivity index (χ1) is 15.6. The second-order valence-electron chi connectivity index (χ2n) is 6.87. The lowest BCUT2D eigenvalue weighted by atomic mass is 10.0. The molecule has 176 valence electrons. The Kier molecular flexibility index (Phi) is 6.85. The number of esters is 1. The highest BCUT2D eigenvalue weighted by atomic mass is 19.4. The fraction of sp³-hybridized carbons (Fsp3) is 0.304. The first-order valence-corrected chi connectivity index (χ1v) is 9.84. The van der Waals surface area contributed by atoms with Crippen molar-refractivity contribution >= 4 is 16.9 Å². The van der Waals surface area contributed by atoms with E-state index in [0.29, 0.717) is 0 Å². The largest absolute Gasteiger partial charge is 0.493 e. The van der Waals surface area contributed by atoms with Crippen LogP contribution >= 0.6 is 0 Å². The van der Waals surface area contributed by atoms with Gasteiger partial charge in [-0.2, -0.15) is 13.2 Å². The number of fused-ring (bicyclic) bond motifs is 1. The maximum Gasteiger partial charge on any atom is 0.450 e. The van der Waals surface area contributed by atoms with E-state index in [9.17, 15) is 22.8 Å². The van der Waals surface area contributed by atoms with Crippen molar-refractivity contribution in [2.45, 2.75) is 26.1 Å². The van der Waals surface area contributed by atoms with Crippen LogP contribution in [0.2, 0.25) is 0 Å². The van der Waals surface area contributed by atoms with Crippen LogP contribution < -0.4 is 19.6 Å². The molecule has 1 atom stereocenters. The third kappa shape index (κ3) is 4.89. The van der Waals surface area contributed by atoms with Crippen LogP contribution in [0.3, 0.4) is 0 Å². The average molecular weight is 466 g/mol. The summed E-state index contributed by atoms with van der Waals surface area (Å²) in [7, 11) is 2.71. The van der Waals surface area contributed by atoms with Gasteiger partial charge < -0.3 is 23.4 Å². The van der Waals surface area contributed by atoms with Gasteiger partial charge in [0.2, 0.25) is 11.2 Å². The van der Waals surface area contributed by atoms with E-state index in [1.165, 1.54) is 51.5 Å². The van der Waals surface area contributed by atoms with Crippen molar-refractivity contribution in [3.8, 4) is 28.4 Å². The fourth-order valence-electron chi connectivity index (χ4n) is 3.21. The number of alkyl halides is 3. The fourth-order valence-corrected chi connectivity index (χ4v) is 3.21. The molecule has 0 saturated heterocycles. The van der Waals surface area contributed by atoms with Crippen LogP contribution in [0.15, 0.2) is 45.6 Å². The van der Waals surface area contributed by atoms with Crippen LogP contribution in [0.4, 0.5) is 13.2 Å². The third-order valence-electron chi connectivity index (χ3n) is 4.72. The highest BCUT2D eigenvalue weighted by Crippen LogP contribution is 2.40. The van der Waals surface area contributed by atoms with E-state index in [-0.39, 0.29) is 40.4 Å². The maximum absolute atomic E-state index is 13.9. The molecule has 0 saturated carbocycles. The number of hydrogen-bond acceptors (Lipinski definition) is 7. The zero-order valence-corrected chi connectivity index (χ0v) is 18.2. The average Bonchev–Trinajstić information content (AvgIpc) is 2.77. The van der Waals surface area contributed by atoms with Gasteiger partial charge in [0, 0.05) is 6.07 Å². The highest BCUT2D eigenvalue weighted by Gasteiger charge is 2.39. The van der Waals surface area contributed by atoms with Crippen molar-refractivity contribution in [1.29, 1.82) is 0 Å². The maximum atomic E-state index is 13.9. The second-order valence-corrected chi connectivity index (χ2v) is 6.87. The second kappa shape index (κ2) is 9.43. The Balaban J connectivity index is 2.17. The number of rotatable bonds is 7. The lowest BCUT2D eigenvalue weighted by Gasteiger charge is -2.16. The molecule has 2 aromatic carbocycles. The minimum absolute atomic E-state index is 0.0400. The van der Waals surface area contributed by atoms with E-state index in [0.717, 1.165) is 6.07 Å². The standard InChI is InChI=1S/C23H21F3O7/c1-5-31-22(28)12(2)32-14-7-8-15-17(11-14)33-21(23(24,25)26)19(20(15)27)13-6-9-16(29-3)18(10-13)30-4/h6-12H,5H2,1-4H3. The van der Waals surface area contributed by atoms with Crippen LogP contribution in [0.25, 0.3) is 22.1 Å². The van der Waals surface area contributed by atoms with Crippen molar-refractivity contribution in [2.24, 2.45) is 0 Å². The molecule has 10 heteroatoms. The van der Waals surface area contributed by atoms with E-state index in [1.807, 2.05) is 0 Å². The SMILES string of the molecule is CCOC(=O)C(C)Oc1ccc2c(=O)c(-c3ccc(OC)c(OC)c3)c(C(F)(F)F)oc2c1. The Morgan fingerprint density at radius 1 is 1.06 bits per heavy atom. The normalized spacial score (nSPS) is 12.3. The molecule has 0 aliphatic carbocycles. The molecule has 7 nitrogen and oxygen atoms in total. The summed E-state index contributed by atoms with van der Waals surface area (Å²) >= 11 is 0. The van der Waals surface area contributed by atoms with Crippen molar-refractivity contribution in [3.05, 3.63) is 52.4 Å². The smallest absolute Gasteiger partial charge is 0.450 e. The zero-order valence-electron chi connectivity index (χ0n) is 18.2. The third-order valence-corrected chi connectivity index (χ3v) is 4.72. The Bertz CT molecular complexity index is 1230. The molecule has 0 bridgehead atoms. The molecule has 0 N–H and O–H groups in total. The van der Waals surface area contributed by atoms with Crippen LogP contribution in [-0.4, -0.2) is 32.9 Å². The van der Waals surface area contributed by atoms with Crippen LogP contribution in [-0.2, 0) is 15.7 Å². The molecule has 33 heavy (non-hydrogen) atoms. The number of hydrogen-bond donors (Lipinski definition) is 0. The van der Waals surface area contributed by atoms with Gasteiger partial charge in [-0.25, -0.2) is 4.79 Å². The number of carbonyl (C=O) groups is 1. The number of benzene rings is 2. The van der Waals surface area contributed by atoms with Gasteiger partial charge in [-0.05, 0) is 43.7 Å². The molecule has 0 aliphatic heterocycles. The van der Waals surface area contributed by atoms with Gasteiger partial charge in [-0.3, -0.25) is 4.79 Å². The van der Waals surface area contributed by atoms with Crippen molar-refractivity contribution in [3.63, 3.8) is 0 Å². The quantitative estimate of drug-likeness (QED) is 0.462. The van der Waals surface area contributed by atoms with Gasteiger partial charge >= 0.3 is 12.1 Å². The summed E-state index contributed by atoms with van der Waals surface area (Å²) in [4.78, 5) is 24.9. The summed E-state index contributed by atoms with van der Waals surface area (Å²) in [6, 6.07) is 7.74. The molecule has 0 radical (unpaired) electrons. The summed E-state index contributed by atoms with van der Waals surface area (Å²) in [5.41, 5.74) is -1.94. The van der Waals surface area contributed by atoms with Gasteiger partial charge in [0.25, 0.3) is 0 Å². The molecule has 1 heterocycles. The van der Waals surface area contributed by atoms with E-state index in [1.54, 1.807) is 6.92 Å². The molecule has 1 aromatic heterocycles. The van der Waals surface area contributed by atoms with Crippen molar-refractivity contribution < 1.29 is 41.3 Å². The van der Waals surface area contributed by atoms with E-state index < -0.39 is 35.0 Å². The highest BCUT2D eigenvalue weighted by molar-refractivity contribution is 5.84. The lowest BCUT2D eigenvalue weighted by molar-refractivity contribution is -0.152. The van der Waals surface area contributed by atoms with Crippen LogP contribution in [0.1, 0.15) is 19.6 Å². The van der Waals surface area contributed by atoms with E-state index in [2.05, 4.69) is 0 Å². The monoisotopic (exact) mass is 466 g/mol. The van der Waals surface area contributed by atoms with Crippen molar-refractivity contribution in [1.82, 2.24) is 0 Å². The predicted octanol–water partition coefficient (Wildman–Crippen LogP) is 4.83. The van der Waals surface area contributed by atoms with Crippen molar-refractivity contribution in [2.75, 3.05) is 20.8 Å². The van der Waals surface area contributed by atoms with Gasteiger partial charge in [0.05, 0.1) is 31.8 Å². The van der Waals surface area contributed by atoms with Gasteiger partial charge in [0.15, 0.2) is 17.6 Å². The van der Waals surface area contributed by atoms with Gasteiger partial charge in [0.1, 0.15) is 11.3 Å². The molecule has 0 fully saturated rings. The van der Waals surface area contributed by atoms with E-state index >= 15 is 0 Å². The summed E-state index contributed by atoms with van der Waals surface area (Å²) < 4.78 is 67.3. The minimum atomic E-state index is -4.97. The lowest BCUT2D eigenvalue weighted by Crippen LogP contribution is -2.26. The minimum Gasteiger partial charge on any atom is -0.493 e. The van der Waals surface area contributed by atoms with Crippen LogP contribution in [0.5, 0.6) is 17.2 Å². The summed E-state index contributed by atoms with van der Waals surface area (Å²) in [6.45, 7) is 3.20. The molecule has 0 aliphatic rings. The van der Waals surface area contributed by atoms with E-state index in [4.69, 9.17) is 23.4 Å². The molecular weight excluding hydrogens is 445 g/mol. The number of methoxy groups -OCH3 is 2. The number of halogens is 3. The summed E-state index contributed by atoms with van der Waals surface area (Å²) in [6.07, 6.45) is -5.98. The Hall–Kier alpha value is -3.69. The number of ether oxygens (including phenoxy) is 4. The molecule has 3 aromatic rings. The molecule has 0 amide bonds. The molecule has 3 rings (SSSR count).